The van der Waals surface area contributed by atoms with Gasteiger partial charge >= 0.3 is 5.91 Å². The minimum absolute atomic E-state index is 0.0161. The number of carbonyl (C=O) groups excluding carboxylic acids is 2. The lowest BCUT2D eigenvalue weighted by Crippen LogP contribution is -2.29. The fraction of sp³-hybridized carbons (Fsp3) is 0.357. The molecule has 1 amide bonds. The van der Waals surface area contributed by atoms with Crippen molar-refractivity contribution in [3.63, 3.8) is 0 Å². The van der Waals surface area contributed by atoms with Gasteiger partial charge in [-0.1, -0.05) is 61.1 Å². The number of Topliss-reactive ketones (excluding diaryl/α,β-unsaturated/α-hetero) is 1. The van der Waals surface area contributed by atoms with Gasteiger partial charge in [-0.05, 0) is 50.8 Å². The maximum Gasteiger partial charge on any atom is 0.301 e. The summed E-state index contributed by atoms with van der Waals surface area (Å²) >= 11 is 1.20. The van der Waals surface area contributed by atoms with Gasteiger partial charge in [-0.3, -0.25) is 14.5 Å². The molecular formula is C28H31N3O5S. The first-order valence-corrected chi connectivity index (χ1v) is 13.1. The van der Waals surface area contributed by atoms with Crippen LogP contribution in [0.4, 0.5) is 5.13 Å². The molecule has 3 aromatic rings. The third-order valence-corrected chi connectivity index (χ3v) is 6.86. The molecule has 0 radical (unpaired) electrons. The average Bonchev–Trinajstić information content (AvgIpc) is 3.40. The summed E-state index contributed by atoms with van der Waals surface area (Å²) in [6.45, 7) is 10.8. The Bertz CT molecular complexity index is 1330. The molecule has 9 heteroatoms. The molecular weight excluding hydrogens is 490 g/mol. The van der Waals surface area contributed by atoms with E-state index in [2.05, 4.69) is 24.0 Å². The monoisotopic (exact) mass is 521 g/mol. The Morgan fingerprint density at radius 3 is 2.41 bits per heavy atom. The van der Waals surface area contributed by atoms with Crippen LogP contribution in [0, 0.1) is 19.8 Å². The Balaban J connectivity index is 1.85. The Hall–Kier alpha value is -3.72. The number of benzene rings is 2. The van der Waals surface area contributed by atoms with Crippen LogP contribution >= 0.6 is 11.3 Å². The number of nitrogens with zero attached hydrogens (tertiary/aromatic N) is 3. The van der Waals surface area contributed by atoms with Crippen LogP contribution in [0.3, 0.4) is 0 Å². The molecule has 1 aromatic heterocycles. The standard InChI is InChI=1S/C28H31N3O5S/c1-6-35-22-15-20(11-12-21(22)36-14-13-16(2)3)24-23(25(32)19-9-7-17(4)8-10-19)26(33)27(34)31(24)28-30-29-18(5)37-28/h7-12,15-16,24,32H,6,13-14H2,1-5H3/b25-23+. The lowest BCUT2D eigenvalue weighted by Gasteiger charge is -2.24. The van der Waals surface area contributed by atoms with Crippen molar-refractivity contribution in [1.82, 2.24) is 10.2 Å². The number of ether oxygens (including phenoxy) is 2. The molecule has 0 bridgehead atoms. The maximum atomic E-state index is 13.3. The van der Waals surface area contributed by atoms with E-state index in [1.807, 2.05) is 26.0 Å². The van der Waals surface area contributed by atoms with Crippen LogP contribution in [0.1, 0.15) is 54.9 Å². The molecule has 1 saturated heterocycles. The van der Waals surface area contributed by atoms with Gasteiger partial charge in [0.05, 0.1) is 24.8 Å². The summed E-state index contributed by atoms with van der Waals surface area (Å²) in [5.74, 6) is -0.239. The van der Waals surface area contributed by atoms with E-state index in [9.17, 15) is 14.7 Å². The second kappa shape index (κ2) is 11.1. The molecule has 37 heavy (non-hydrogen) atoms. The predicted molar refractivity (Wildman–Crippen MR) is 143 cm³/mol. The van der Waals surface area contributed by atoms with Gasteiger partial charge in [-0.2, -0.15) is 0 Å². The smallest absolute Gasteiger partial charge is 0.301 e. The Morgan fingerprint density at radius 2 is 1.78 bits per heavy atom. The SMILES string of the molecule is CCOc1cc(C2/C(=C(\O)c3ccc(C)cc3)C(=O)C(=O)N2c2nnc(C)s2)ccc1OCCC(C)C. The molecule has 1 aliphatic rings. The fourth-order valence-electron chi connectivity index (χ4n) is 4.08. The van der Waals surface area contributed by atoms with Crippen LogP contribution in [0.2, 0.25) is 0 Å². The van der Waals surface area contributed by atoms with Crippen LogP contribution in [-0.2, 0) is 9.59 Å². The number of aliphatic hydroxyl groups is 1. The first-order chi connectivity index (χ1) is 17.7. The van der Waals surface area contributed by atoms with Crippen LogP contribution in [0.15, 0.2) is 48.0 Å². The maximum absolute atomic E-state index is 13.3. The Labute approximate surface area is 220 Å². The van der Waals surface area contributed by atoms with E-state index in [1.54, 1.807) is 37.3 Å². The summed E-state index contributed by atoms with van der Waals surface area (Å²) in [5, 5.41) is 20.4. The van der Waals surface area contributed by atoms with E-state index >= 15 is 0 Å². The average molecular weight is 522 g/mol. The van der Waals surface area contributed by atoms with Crippen molar-refractivity contribution in [3.8, 4) is 11.5 Å². The number of aromatic nitrogens is 2. The van der Waals surface area contributed by atoms with E-state index in [-0.39, 0.29) is 16.5 Å². The van der Waals surface area contributed by atoms with Gasteiger partial charge in [0.2, 0.25) is 5.13 Å². The number of amides is 1. The fourth-order valence-corrected chi connectivity index (χ4v) is 4.80. The van der Waals surface area contributed by atoms with E-state index in [4.69, 9.17) is 9.47 Å². The highest BCUT2D eigenvalue weighted by atomic mass is 32.1. The zero-order chi connectivity index (χ0) is 26.7. The molecule has 8 nitrogen and oxygen atoms in total. The molecule has 1 N–H and O–H groups in total. The van der Waals surface area contributed by atoms with Gasteiger partial charge in [0.25, 0.3) is 5.78 Å². The number of hydrogen-bond donors (Lipinski definition) is 1. The highest BCUT2D eigenvalue weighted by Gasteiger charge is 2.48. The molecule has 194 valence electrons. The van der Waals surface area contributed by atoms with E-state index in [0.29, 0.717) is 46.8 Å². The van der Waals surface area contributed by atoms with Crippen molar-refractivity contribution >= 4 is 33.9 Å². The number of anilines is 1. The van der Waals surface area contributed by atoms with Gasteiger partial charge < -0.3 is 14.6 Å². The lowest BCUT2D eigenvalue weighted by molar-refractivity contribution is -0.132. The quantitative estimate of drug-likeness (QED) is 0.222. The van der Waals surface area contributed by atoms with Crippen molar-refractivity contribution in [2.75, 3.05) is 18.1 Å². The van der Waals surface area contributed by atoms with Crippen LogP contribution in [0.5, 0.6) is 11.5 Å². The molecule has 2 aromatic carbocycles. The van der Waals surface area contributed by atoms with Crippen LogP contribution < -0.4 is 14.4 Å². The third-order valence-electron chi connectivity index (χ3n) is 6.03. The second-order valence-corrected chi connectivity index (χ2v) is 10.5. The lowest BCUT2D eigenvalue weighted by atomic mass is 9.95. The zero-order valence-electron chi connectivity index (χ0n) is 21.6. The number of carbonyl (C=O) groups is 2. The predicted octanol–water partition coefficient (Wildman–Crippen LogP) is 5.60. The van der Waals surface area contributed by atoms with Crippen LogP contribution in [0.25, 0.3) is 5.76 Å². The first-order valence-electron chi connectivity index (χ1n) is 12.3. The summed E-state index contributed by atoms with van der Waals surface area (Å²) in [7, 11) is 0. The summed E-state index contributed by atoms with van der Waals surface area (Å²) < 4.78 is 11.8. The van der Waals surface area contributed by atoms with Gasteiger partial charge in [-0.15, -0.1) is 10.2 Å². The second-order valence-electron chi connectivity index (χ2n) is 9.31. The molecule has 0 aliphatic carbocycles. The minimum atomic E-state index is -0.919. The summed E-state index contributed by atoms with van der Waals surface area (Å²) in [6, 6.07) is 11.5. The molecule has 1 aliphatic heterocycles. The van der Waals surface area contributed by atoms with Crippen molar-refractivity contribution in [3.05, 3.63) is 69.7 Å². The number of ketones is 1. The number of hydrogen-bond acceptors (Lipinski definition) is 8. The van der Waals surface area contributed by atoms with Crippen molar-refractivity contribution in [2.45, 2.75) is 47.1 Å². The van der Waals surface area contributed by atoms with Crippen molar-refractivity contribution < 1.29 is 24.2 Å². The molecule has 4 rings (SSSR count). The normalized spacial score (nSPS) is 17.0. The zero-order valence-corrected chi connectivity index (χ0v) is 22.5. The van der Waals surface area contributed by atoms with E-state index in [0.717, 1.165) is 12.0 Å². The third kappa shape index (κ3) is 5.51. The van der Waals surface area contributed by atoms with Crippen LogP contribution in [-0.4, -0.2) is 40.2 Å². The Kier molecular flexibility index (Phi) is 7.92. The number of aliphatic hydroxyl groups excluding tert-OH is 1. The molecule has 0 spiro atoms. The summed E-state index contributed by atoms with van der Waals surface area (Å²) in [4.78, 5) is 27.9. The molecule has 1 fully saturated rings. The highest BCUT2D eigenvalue weighted by molar-refractivity contribution is 7.15. The molecule has 2 heterocycles. The Morgan fingerprint density at radius 1 is 1.05 bits per heavy atom. The van der Waals surface area contributed by atoms with Gasteiger partial charge in [-0.25, -0.2) is 0 Å². The topological polar surface area (TPSA) is 102 Å². The highest BCUT2D eigenvalue weighted by Crippen LogP contribution is 2.44. The molecule has 1 unspecified atom stereocenters. The van der Waals surface area contributed by atoms with Crippen molar-refractivity contribution in [1.29, 1.82) is 0 Å². The van der Waals surface area contributed by atoms with E-state index in [1.165, 1.54) is 16.2 Å². The number of rotatable bonds is 9. The number of aryl methyl sites for hydroxylation is 2. The van der Waals surface area contributed by atoms with Crippen molar-refractivity contribution in [2.24, 2.45) is 5.92 Å². The van der Waals surface area contributed by atoms with E-state index < -0.39 is 17.7 Å². The van der Waals surface area contributed by atoms with Gasteiger partial charge in [0.15, 0.2) is 11.5 Å². The summed E-state index contributed by atoms with van der Waals surface area (Å²) in [6.07, 6.45) is 0.889. The first kappa shape index (κ1) is 26.3. The summed E-state index contributed by atoms with van der Waals surface area (Å²) in [5.41, 5.74) is 2.02. The van der Waals surface area contributed by atoms with Gasteiger partial charge in [0, 0.05) is 5.56 Å². The minimum Gasteiger partial charge on any atom is -0.507 e. The van der Waals surface area contributed by atoms with Gasteiger partial charge in [0.1, 0.15) is 10.8 Å². The molecule has 1 atom stereocenters. The largest absolute Gasteiger partial charge is 0.507 e. The molecule has 0 saturated carbocycles.